The molecule has 4 aromatic rings. The lowest BCUT2D eigenvalue weighted by Gasteiger charge is -2.41. The molecule has 4 heterocycles. The van der Waals surface area contributed by atoms with Crippen LogP contribution in [0.1, 0.15) is 32.1 Å². The molecule has 2 fully saturated rings. The van der Waals surface area contributed by atoms with Crippen molar-refractivity contribution in [2.75, 3.05) is 31.1 Å². The van der Waals surface area contributed by atoms with Crippen LogP contribution in [0, 0.1) is 6.07 Å². The quantitative estimate of drug-likeness (QED) is 0.504. The van der Waals surface area contributed by atoms with E-state index in [1.165, 1.54) is 55.6 Å². The van der Waals surface area contributed by atoms with E-state index in [4.69, 9.17) is 10.7 Å². The molecule has 0 aliphatic carbocycles. The lowest BCUT2D eigenvalue weighted by molar-refractivity contribution is 0.141. The Morgan fingerprint density at radius 2 is 1.91 bits per heavy atom. The van der Waals surface area contributed by atoms with Crippen LogP contribution in [0.3, 0.4) is 0 Å². The second-order valence-corrected chi connectivity index (χ2v) is 9.13. The molecule has 0 atom stereocenters. The van der Waals surface area contributed by atoms with Crippen molar-refractivity contribution < 1.29 is 4.79 Å². The predicted molar refractivity (Wildman–Crippen MR) is 129 cm³/mol. The zero-order valence-electron chi connectivity index (χ0n) is 18.6. The van der Waals surface area contributed by atoms with Gasteiger partial charge in [-0.15, -0.1) is 0 Å². The fourth-order valence-corrected chi connectivity index (χ4v) is 5.41. The summed E-state index contributed by atoms with van der Waals surface area (Å²) in [5.74, 6) is 0.610. The first-order valence-corrected chi connectivity index (χ1v) is 11.9. The molecule has 6 rings (SSSR count). The Balaban J connectivity index is 1.26. The minimum absolute atomic E-state index is 0.574. The number of hydrogen-bond donors (Lipinski definition) is 2. The highest BCUT2D eigenvalue weighted by atomic mass is 16.2. The zero-order valence-corrected chi connectivity index (χ0v) is 18.6. The Kier molecular flexibility index (Phi) is 5.02. The highest BCUT2D eigenvalue weighted by molar-refractivity contribution is 5.98. The number of piperidine rings is 2. The number of nitrogens with two attached hydrogens (primary N) is 1. The largest absolute Gasteiger partial charge is 0.371 e. The highest BCUT2D eigenvalue weighted by Crippen LogP contribution is 2.30. The smallest absolute Gasteiger partial charge is 0.340 e. The minimum Gasteiger partial charge on any atom is -0.371 e. The van der Waals surface area contributed by atoms with E-state index in [1.807, 2.05) is 6.07 Å². The van der Waals surface area contributed by atoms with Crippen LogP contribution in [0.25, 0.3) is 33.5 Å². The van der Waals surface area contributed by atoms with E-state index in [1.54, 1.807) is 12.1 Å². The third kappa shape index (κ3) is 3.64. The molecule has 2 aromatic heterocycles. The summed E-state index contributed by atoms with van der Waals surface area (Å²) in [5, 5.41) is 5.14. The molecular formula is C25H28N7O. The molecule has 169 valence electrons. The summed E-state index contributed by atoms with van der Waals surface area (Å²) in [4.78, 5) is 25.2. The van der Waals surface area contributed by atoms with Crippen molar-refractivity contribution in [1.29, 1.82) is 0 Å². The van der Waals surface area contributed by atoms with Crippen LogP contribution >= 0.6 is 0 Å². The Labute approximate surface area is 192 Å². The van der Waals surface area contributed by atoms with Crippen molar-refractivity contribution in [1.82, 2.24) is 24.6 Å². The summed E-state index contributed by atoms with van der Waals surface area (Å²) >= 11 is 0. The first kappa shape index (κ1) is 20.2. The first-order valence-electron chi connectivity index (χ1n) is 11.9. The van der Waals surface area contributed by atoms with Gasteiger partial charge in [-0.3, -0.25) is 0 Å². The molecule has 2 aromatic carbocycles. The summed E-state index contributed by atoms with van der Waals surface area (Å²) in [6.07, 6.45) is 6.53. The van der Waals surface area contributed by atoms with Gasteiger partial charge in [-0.25, -0.2) is 9.78 Å². The van der Waals surface area contributed by atoms with Crippen molar-refractivity contribution in [3.8, 4) is 11.5 Å². The molecule has 2 aliphatic rings. The number of rotatable bonds is 3. The third-order valence-corrected chi connectivity index (χ3v) is 7.13. The molecule has 0 saturated carbocycles. The molecule has 0 bridgehead atoms. The Bertz CT molecular complexity index is 1310. The molecule has 2 aliphatic heterocycles. The zero-order chi connectivity index (χ0) is 22.4. The Morgan fingerprint density at radius 3 is 2.70 bits per heavy atom. The summed E-state index contributed by atoms with van der Waals surface area (Å²) in [7, 11) is 0. The van der Waals surface area contributed by atoms with Gasteiger partial charge >= 0.3 is 6.03 Å². The molecule has 33 heavy (non-hydrogen) atoms. The van der Waals surface area contributed by atoms with Gasteiger partial charge < -0.3 is 20.5 Å². The van der Waals surface area contributed by atoms with Crippen LogP contribution in [0.2, 0.25) is 0 Å². The number of aromatic amines is 1. The van der Waals surface area contributed by atoms with Crippen molar-refractivity contribution in [3.63, 3.8) is 0 Å². The number of benzene rings is 2. The molecule has 8 heteroatoms. The molecule has 2 saturated heterocycles. The maximum atomic E-state index is 11.8. The molecule has 8 nitrogen and oxygen atoms in total. The van der Waals surface area contributed by atoms with Crippen LogP contribution in [-0.4, -0.2) is 62.9 Å². The van der Waals surface area contributed by atoms with E-state index in [9.17, 15) is 4.79 Å². The van der Waals surface area contributed by atoms with E-state index in [2.05, 4.69) is 44.1 Å². The number of carbonyl (C=O) groups excluding carboxylic acids is 1. The maximum absolute atomic E-state index is 11.8. The Morgan fingerprint density at radius 1 is 1.09 bits per heavy atom. The second-order valence-electron chi connectivity index (χ2n) is 9.13. The fourth-order valence-electron chi connectivity index (χ4n) is 5.41. The van der Waals surface area contributed by atoms with Gasteiger partial charge in [0.2, 0.25) is 0 Å². The average Bonchev–Trinajstić information content (AvgIpc) is 3.46. The standard InChI is InChI=1S/C25H28N7O/c26-25(33)32-22-7-3-2-6-19(22)23(29-32)24-27-20-9-8-18(16-21(20)28-24)31-14-10-17(11-15-31)30-12-4-1-5-13-30/h2-3,7-9,16-17H,1,4-5,10-15H2,(H2,26,33)(H,27,28). The number of hydrogen-bond acceptors (Lipinski definition) is 5. The number of aromatic nitrogens is 4. The normalized spacial score (nSPS) is 18.4. The van der Waals surface area contributed by atoms with E-state index in [-0.39, 0.29) is 0 Å². The summed E-state index contributed by atoms with van der Waals surface area (Å²) in [5.41, 5.74) is 9.75. The molecule has 1 amide bonds. The van der Waals surface area contributed by atoms with Gasteiger partial charge in [-0.2, -0.15) is 9.78 Å². The number of amides is 1. The van der Waals surface area contributed by atoms with E-state index < -0.39 is 6.03 Å². The molecule has 1 radical (unpaired) electrons. The van der Waals surface area contributed by atoms with Gasteiger partial charge in [0, 0.05) is 30.2 Å². The summed E-state index contributed by atoms with van der Waals surface area (Å²) < 4.78 is 1.20. The summed E-state index contributed by atoms with van der Waals surface area (Å²) in [6.45, 7) is 4.70. The fraction of sp³-hybridized carbons (Fsp3) is 0.400. The third-order valence-electron chi connectivity index (χ3n) is 7.13. The van der Waals surface area contributed by atoms with Crippen LogP contribution in [0.5, 0.6) is 0 Å². The van der Waals surface area contributed by atoms with Gasteiger partial charge in [-0.1, -0.05) is 18.6 Å². The number of fused-ring (bicyclic) bond motifs is 2. The van der Waals surface area contributed by atoms with Gasteiger partial charge in [0.15, 0.2) is 5.82 Å². The maximum Gasteiger partial charge on any atom is 0.340 e. The topological polar surface area (TPSA) is 96.1 Å². The molecule has 0 spiro atoms. The lowest BCUT2D eigenvalue weighted by Crippen LogP contribution is -2.46. The molecule has 0 unspecified atom stereocenters. The van der Waals surface area contributed by atoms with E-state index in [0.29, 0.717) is 17.0 Å². The number of nitrogens with one attached hydrogen (secondary N) is 1. The number of likely N-dealkylation sites (tertiary alicyclic amines) is 1. The SMILES string of the molecule is NC(=O)n1nc(-c2nc3ccc(N4CCC(N5CCCCC5)CC4)cc3[nH]2)c2[c]cccc21. The van der Waals surface area contributed by atoms with Crippen LogP contribution in [0.4, 0.5) is 10.5 Å². The monoisotopic (exact) mass is 442 g/mol. The number of nitrogens with zero attached hydrogens (tertiary/aromatic N) is 5. The van der Waals surface area contributed by atoms with Gasteiger partial charge in [0.05, 0.1) is 16.6 Å². The Hall–Kier alpha value is -3.39. The van der Waals surface area contributed by atoms with Gasteiger partial charge in [0.1, 0.15) is 5.69 Å². The summed E-state index contributed by atoms with van der Waals surface area (Å²) in [6, 6.07) is 15.1. The number of primary amides is 1. The molecule has 3 N–H and O–H groups in total. The van der Waals surface area contributed by atoms with Crippen molar-refractivity contribution in [2.24, 2.45) is 5.73 Å². The number of carbonyl (C=O) groups is 1. The molecular weight excluding hydrogens is 414 g/mol. The first-order chi connectivity index (χ1) is 16.2. The number of anilines is 1. The van der Waals surface area contributed by atoms with E-state index in [0.717, 1.165) is 35.6 Å². The van der Waals surface area contributed by atoms with Gasteiger partial charge in [0.25, 0.3) is 0 Å². The lowest BCUT2D eigenvalue weighted by atomic mass is 9.99. The van der Waals surface area contributed by atoms with Crippen LogP contribution in [0.15, 0.2) is 36.4 Å². The predicted octanol–water partition coefficient (Wildman–Crippen LogP) is 3.76. The van der Waals surface area contributed by atoms with Crippen molar-refractivity contribution in [3.05, 3.63) is 42.5 Å². The van der Waals surface area contributed by atoms with Crippen LogP contribution < -0.4 is 10.6 Å². The number of H-pyrrole nitrogens is 1. The number of imidazole rings is 1. The second kappa shape index (κ2) is 8.19. The minimum atomic E-state index is -0.628. The van der Waals surface area contributed by atoms with Crippen molar-refractivity contribution >= 4 is 33.7 Å². The van der Waals surface area contributed by atoms with Crippen molar-refractivity contribution in [2.45, 2.75) is 38.1 Å². The van der Waals surface area contributed by atoms with Crippen LogP contribution in [-0.2, 0) is 0 Å². The average molecular weight is 443 g/mol. The van der Waals surface area contributed by atoms with E-state index >= 15 is 0 Å². The van der Waals surface area contributed by atoms with Gasteiger partial charge in [-0.05, 0) is 69.1 Å². The highest BCUT2D eigenvalue weighted by Gasteiger charge is 2.26.